The first kappa shape index (κ1) is 13.7. The molecular weight excluding hydrogens is 324 g/mol. The minimum absolute atomic E-state index is 0.154. The van der Waals surface area contributed by atoms with Crippen molar-refractivity contribution in [3.05, 3.63) is 69.7 Å². The number of benzene rings is 2. The van der Waals surface area contributed by atoms with E-state index >= 15 is 0 Å². The van der Waals surface area contributed by atoms with Crippen LogP contribution in [-0.2, 0) is 11.8 Å². The van der Waals surface area contributed by atoms with Crippen molar-refractivity contribution in [3.8, 4) is 0 Å². The van der Waals surface area contributed by atoms with Gasteiger partial charge in [0.15, 0.2) is 11.6 Å². The minimum atomic E-state index is -0.779. The first-order valence-corrected chi connectivity index (χ1v) is 7.30. The SMILES string of the molecule is Fc1cccc(CC2(c3cccc(Br)c3)CNC2)c1F. The van der Waals surface area contributed by atoms with Gasteiger partial charge in [-0.1, -0.05) is 40.2 Å². The monoisotopic (exact) mass is 337 g/mol. The fraction of sp³-hybridized carbons (Fsp3) is 0.250. The van der Waals surface area contributed by atoms with E-state index in [-0.39, 0.29) is 5.41 Å². The Morgan fingerprint density at radius 1 is 1.10 bits per heavy atom. The van der Waals surface area contributed by atoms with Gasteiger partial charge in [0.2, 0.25) is 0 Å². The summed E-state index contributed by atoms with van der Waals surface area (Å²) in [6.07, 6.45) is 0.500. The van der Waals surface area contributed by atoms with E-state index in [1.807, 2.05) is 18.2 Å². The second-order valence-corrected chi connectivity index (χ2v) is 6.20. The van der Waals surface area contributed by atoms with Crippen molar-refractivity contribution in [2.24, 2.45) is 0 Å². The Morgan fingerprint density at radius 2 is 1.85 bits per heavy atom. The number of nitrogens with one attached hydrogen (secondary N) is 1. The van der Waals surface area contributed by atoms with Crippen molar-refractivity contribution >= 4 is 15.9 Å². The van der Waals surface area contributed by atoms with Crippen LogP contribution < -0.4 is 5.32 Å². The summed E-state index contributed by atoms with van der Waals surface area (Å²) in [5, 5.41) is 3.24. The molecule has 2 aromatic carbocycles. The van der Waals surface area contributed by atoms with E-state index in [9.17, 15) is 8.78 Å². The summed E-state index contributed by atoms with van der Waals surface area (Å²) in [7, 11) is 0. The molecule has 1 N–H and O–H groups in total. The maximum atomic E-state index is 13.9. The van der Waals surface area contributed by atoms with Gasteiger partial charge in [-0.05, 0) is 35.7 Å². The van der Waals surface area contributed by atoms with Gasteiger partial charge in [0.05, 0.1) is 0 Å². The Balaban J connectivity index is 1.96. The highest BCUT2D eigenvalue weighted by molar-refractivity contribution is 9.10. The van der Waals surface area contributed by atoms with Gasteiger partial charge in [-0.15, -0.1) is 0 Å². The van der Waals surface area contributed by atoms with Crippen molar-refractivity contribution < 1.29 is 8.78 Å². The highest BCUT2D eigenvalue weighted by atomic mass is 79.9. The molecule has 0 unspecified atom stereocenters. The van der Waals surface area contributed by atoms with Gasteiger partial charge in [-0.3, -0.25) is 0 Å². The Labute approximate surface area is 125 Å². The molecule has 0 spiro atoms. The van der Waals surface area contributed by atoms with Crippen molar-refractivity contribution in [1.29, 1.82) is 0 Å². The van der Waals surface area contributed by atoms with Crippen molar-refractivity contribution in [1.82, 2.24) is 5.32 Å². The Bertz CT molecular complexity index is 638. The summed E-state index contributed by atoms with van der Waals surface area (Å²) in [6.45, 7) is 1.55. The molecule has 104 valence electrons. The molecule has 0 atom stereocenters. The molecule has 3 rings (SSSR count). The van der Waals surface area contributed by atoms with Crippen LogP contribution in [0.15, 0.2) is 46.9 Å². The van der Waals surface area contributed by atoms with Gasteiger partial charge >= 0.3 is 0 Å². The predicted molar refractivity (Wildman–Crippen MR) is 78.8 cm³/mol. The number of hydrogen-bond donors (Lipinski definition) is 1. The van der Waals surface area contributed by atoms with Gasteiger partial charge in [0, 0.05) is 23.0 Å². The van der Waals surface area contributed by atoms with Gasteiger partial charge in [-0.2, -0.15) is 0 Å². The average molecular weight is 338 g/mol. The minimum Gasteiger partial charge on any atom is -0.315 e. The van der Waals surface area contributed by atoms with Crippen LogP contribution in [0.4, 0.5) is 8.78 Å². The molecule has 1 nitrogen and oxygen atoms in total. The Hall–Kier alpha value is -1.26. The standard InChI is InChI=1S/C16H14BrF2N/c17-13-5-2-4-12(7-13)16(9-20-10-16)8-11-3-1-6-14(18)15(11)19/h1-7,20H,8-10H2. The van der Waals surface area contributed by atoms with E-state index in [4.69, 9.17) is 0 Å². The summed E-state index contributed by atoms with van der Waals surface area (Å²) in [6, 6.07) is 12.4. The predicted octanol–water partition coefficient (Wildman–Crippen LogP) is 3.81. The van der Waals surface area contributed by atoms with Crippen LogP contribution in [-0.4, -0.2) is 13.1 Å². The molecular formula is C16H14BrF2N. The summed E-state index contributed by atoms with van der Waals surface area (Å²) < 4.78 is 28.2. The molecule has 1 heterocycles. The molecule has 4 heteroatoms. The zero-order valence-corrected chi connectivity index (χ0v) is 12.4. The molecule has 1 saturated heterocycles. The fourth-order valence-corrected chi connectivity index (χ4v) is 3.13. The van der Waals surface area contributed by atoms with Crippen LogP contribution in [0.5, 0.6) is 0 Å². The second-order valence-electron chi connectivity index (χ2n) is 5.28. The lowest BCUT2D eigenvalue weighted by Gasteiger charge is -2.43. The molecule has 0 saturated carbocycles. The lowest BCUT2D eigenvalue weighted by molar-refractivity contribution is 0.271. The van der Waals surface area contributed by atoms with E-state index < -0.39 is 11.6 Å². The maximum absolute atomic E-state index is 13.9. The Morgan fingerprint density at radius 3 is 2.50 bits per heavy atom. The van der Waals surface area contributed by atoms with E-state index in [1.54, 1.807) is 12.1 Å². The third-order valence-electron chi connectivity index (χ3n) is 3.92. The van der Waals surface area contributed by atoms with E-state index in [1.165, 1.54) is 0 Å². The topological polar surface area (TPSA) is 12.0 Å². The third kappa shape index (κ3) is 2.38. The summed E-state index contributed by atoms with van der Waals surface area (Å²) in [5.41, 5.74) is 1.43. The second kappa shape index (κ2) is 5.26. The van der Waals surface area contributed by atoms with Crippen molar-refractivity contribution in [2.75, 3.05) is 13.1 Å². The lowest BCUT2D eigenvalue weighted by Crippen LogP contribution is -2.58. The van der Waals surface area contributed by atoms with E-state index in [2.05, 4.69) is 27.3 Å². The van der Waals surface area contributed by atoms with E-state index in [0.717, 1.165) is 29.2 Å². The fourth-order valence-electron chi connectivity index (χ4n) is 2.73. The Kier molecular flexibility index (Phi) is 3.61. The molecule has 0 aliphatic carbocycles. The quantitative estimate of drug-likeness (QED) is 0.897. The normalized spacial score (nSPS) is 16.8. The zero-order valence-electron chi connectivity index (χ0n) is 10.8. The lowest BCUT2D eigenvalue weighted by atomic mass is 9.71. The molecule has 0 amide bonds. The highest BCUT2D eigenvalue weighted by Crippen LogP contribution is 2.34. The van der Waals surface area contributed by atoms with Crippen LogP contribution in [0.1, 0.15) is 11.1 Å². The van der Waals surface area contributed by atoms with Crippen molar-refractivity contribution in [3.63, 3.8) is 0 Å². The van der Waals surface area contributed by atoms with Crippen LogP contribution >= 0.6 is 15.9 Å². The van der Waals surface area contributed by atoms with Gasteiger partial charge in [-0.25, -0.2) is 8.78 Å². The van der Waals surface area contributed by atoms with Crippen LogP contribution in [0, 0.1) is 11.6 Å². The molecule has 1 aliphatic heterocycles. The van der Waals surface area contributed by atoms with Gasteiger partial charge in [0.1, 0.15) is 0 Å². The first-order valence-electron chi connectivity index (χ1n) is 6.50. The molecule has 1 fully saturated rings. The van der Waals surface area contributed by atoms with E-state index in [0.29, 0.717) is 12.0 Å². The summed E-state index contributed by atoms with van der Waals surface area (Å²) in [5.74, 6) is -1.51. The van der Waals surface area contributed by atoms with Gasteiger partial charge in [0.25, 0.3) is 0 Å². The summed E-state index contributed by atoms with van der Waals surface area (Å²) >= 11 is 3.46. The molecule has 0 aromatic heterocycles. The zero-order chi connectivity index (χ0) is 14.2. The number of halogens is 3. The highest BCUT2D eigenvalue weighted by Gasteiger charge is 2.39. The van der Waals surface area contributed by atoms with Crippen LogP contribution in [0.3, 0.4) is 0 Å². The average Bonchev–Trinajstić information content (AvgIpc) is 2.38. The largest absolute Gasteiger partial charge is 0.315 e. The summed E-state index contributed by atoms with van der Waals surface area (Å²) in [4.78, 5) is 0. The van der Waals surface area contributed by atoms with Gasteiger partial charge < -0.3 is 5.32 Å². The first-order chi connectivity index (χ1) is 9.61. The van der Waals surface area contributed by atoms with Crippen LogP contribution in [0.25, 0.3) is 0 Å². The number of rotatable bonds is 3. The molecule has 20 heavy (non-hydrogen) atoms. The molecule has 0 radical (unpaired) electrons. The molecule has 2 aromatic rings. The molecule has 1 aliphatic rings. The number of hydrogen-bond acceptors (Lipinski definition) is 1. The molecule has 0 bridgehead atoms. The third-order valence-corrected chi connectivity index (χ3v) is 4.42. The van der Waals surface area contributed by atoms with Crippen LogP contribution in [0.2, 0.25) is 0 Å². The smallest absolute Gasteiger partial charge is 0.162 e. The van der Waals surface area contributed by atoms with Crippen molar-refractivity contribution in [2.45, 2.75) is 11.8 Å². The maximum Gasteiger partial charge on any atom is 0.162 e.